The molecule has 0 bridgehead atoms. The lowest BCUT2D eigenvalue weighted by molar-refractivity contribution is 0.603. The smallest absolute Gasteiger partial charge is 0.254 e. The normalized spacial score (nSPS) is 11.1. The van der Waals surface area contributed by atoms with Crippen LogP contribution < -0.4 is 4.72 Å². The first kappa shape index (κ1) is 12.5. The van der Waals surface area contributed by atoms with Crippen LogP contribution in [0.2, 0.25) is 0 Å². The molecule has 2 rings (SSSR count). The molecule has 9 heteroatoms. The Kier molecular flexibility index (Phi) is 3.48. The fourth-order valence-electron chi connectivity index (χ4n) is 0.992. The number of sulfonamides is 1. The number of hydrogen-bond donors (Lipinski definition) is 1. The Bertz CT molecular complexity index is 683. The van der Waals surface area contributed by atoms with Crippen molar-refractivity contribution in [2.75, 3.05) is 4.72 Å². The number of nitriles is 1. The number of halogens is 1. The lowest BCUT2D eigenvalue weighted by Gasteiger charge is -2.00. The Morgan fingerprint density at radius 2 is 2.18 bits per heavy atom. The summed E-state index contributed by atoms with van der Waals surface area (Å²) < 4.78 is 26.9. The highest BCUT2D eigenvalue weighted by molar-refractivity contribution is 9.11. The van der Waals surface area contributed by atoms with Gasteiger partial charge >= 0.3 is 0 Å². The third kappa shape index (κ3) is 2.84. The minimum absolute atomic E-state index is 0.0976. The van der Waals surface area contributed by atoms with E-state index in [0.717, 1.165) is 15.1 Å². The molecule has 2 aromatic heterocycles. The van der Waals surface area contributed by atoms with Gasteiger partial charge in [0.2, 0.25) is 0 Å². The van der Waals surface area contributed by atoms with E-state index in [4.69, 9.17) is 5.26 Å². The summed E-state index contributed by atoms with van der Waals surface area (Å²) in [7, 11) is -3.64. The lowest BCUT2D eigenvalue weighted by atomic mass is 10.5. The molecule has 2 heterocycles. The maximum atomic E-state index is 11.9. The zero-order valence-electron chi connectivity index (χ0n) is 8.05. The molecule has 0 aliphatic carbocycles. The van der Waals surface area contributed by atoms with Crippen molar-refractivity contribution in [2.24, 2.45) is 0 Å². The molecule has 88 valence electrons. The Morgan fingerprint density at radius 3 is 2.71 bits per heavy atom. The van der Waals surface area contributed by atoms with E-state index in [0.29, 0.717) is 4.88 Å². The van der Waals surface area contributed by atoms with E-state index in [9.17, 15) is 8.42 Å². The molecule has 0 radical (unpaired) electrons. The van der Waals surface area contributed by atoms with Crippen molar-refractivity contribution in [2.45, 2.75) is 4.21 Å². The molecule has 17 heavy (non-hydrogen) atoms. The highest BCUT2D eigenvalue weighted by Crippen LogP contribution is 2.27. The second-order valence-electron chi connectivity index (χ2n) is 2.81. The maximum Gasteiger partial charge on any atom is 0.273 e. The first-order valence-electron chi connectivity index (χ1n) is 4.15. The van der Waals surface area contributed by atoms with E-state index in [1.54, 1.807) is 0 Å². The highest BCUT2D eigenvalue weighted by Gasteiger charge is 2.18. The van der Waals surface area contributed by atoms with Gasteiger partial charge in [-0.3, -0.25) is 4.72 Å². The summed E-state index contributed by atoms with van der Waals surface area (Å²) in [5.41, 5.74) is 0. The van der Waals surface area contributed by atoms with Gasteiger partial charge in [0, 0.05) is 0 Å². The number of nitrogens with zero attached hydrogens (tertiary/aromatic N) is 2. The van der Waals surface area contributed by atoms with Crippen molar-refractivity contribution in [3.05, 3.63) is 27.0 Å². The summed E-state index contributed by atoms with van der Waals surface area (Å²) in [6.45, 7) is 0. The minimum Gasteiger partial charge on any atom is -0.254 e. The van der Waals surface area contributed by atoms with Crippen molar-refractivity contribution in [3.63, 3.8) is 0 Å². The highest BCUT2D eigenvalue weighted by atomic mass is 79.9. The second-order valence-corrected chi connectivity index (χ2v) is 8.21. The van der Waals surface area contributed by atoms with E-state index >= 15 is 0 Å². The predicted molar refractivity (Wildman–Crippen MR) is 69.7 cm³/mol. The average molecular weight is 350 g/mol. The van der Waals surface area contributed by atoms with Gasteiger partial charge in [0.1, 0.15) is 15.2 Å². The molecule has 0 saturated carbocycles. The van der Waals surface area contributed by atoms with Crippen molar-refractivity contribution in [3.8, 4) is 6.07 Å². The third-order valence-electron chi connectivity index (χ3n) is 1.66. The van der Waals surface area contributed by atoms with Crippen molar-refractivity contribution < 1.29 is 8.42 Å². The third-order valence-corrected chi connectivity index (χ3v) is 6.00. The van der Waals surface area contributed by atoms with Crippen molar-refractivity contribution in [1.82, 2.24) is 4.98 Å². The number of rotatable bonds is 3. The van der Waals surface area contributed by atoms with Crippen LogP contribution in [0.25, 0.3) is 0 Å². The van der Waals surface area contributed by atoms with Crippen LogP contribution in [0.3, 0.4) is 0 Å². The topological polar surface area (TPSA) is 82.8 Å². The standard InChI is InChI=1S/C8H4BrN3O2S3/c9-6-4-11-8(16-6)12-17(13,14)7-2-1-5(3-10)15-7/h1-2,4H,(H,11,12). The molecular weight excluding hydrogens is 346 g/mol. The summed E-state index contributed by atoms with van der Waals surface area (Å²) >= 11 is 5.29. The molecule has 0 unspecified atom stereocenters. The number of thiazole rings is 1. The van der Waals surface area contributed by atoms with Crippen LogP contribution in [0.5, 0.6) is 0 Å². The Morgan fingerprint density at radius 1 is 1.41 bits per heavy atom. The van der Waals surface area contributed by atoms with Gasteiger partial charge in [-0.2, -0.15) is 5.26 Å². The summed E-state index contributed by atoms with van der Waals surface area (Å²) in [4.78, 5) is 4.23. The lowest BCUT2D eigenvalue weighted by Crippen LogP contribution is -2.10. The monoisotopic (exact) mass is 349 g/mol. The fourth-order valence-corrected chi connectivity index (χ4v) is 4.44. The first-order valence-corrected chi connectivity index (χ1v) is 8.06. The molecule has 2 aromatic rings. The van der Waals surface area contributed by atoms with Crippen molar-refractivity contribution in [1.29, 1.82) is 5.26 Å². The van der Waals surface area contributed by atoms with Crippen LogP contribution in [-0.4, -0.2) is 13.4 Å². The van der Waals surface area contributed by atoms with Crippen LogP contribution in [0.4, 0.5) is 5.13 Å². The minimum atomic E-state index is -3.64. The van der Waals surface area contributed by atoms with Gasteiger partial charge in [-0.05, 0) is 28.1 Å². The Hall–Kier alpha value is -0.950. The Balaban J connectivity index is 2.28. The number of thiophene rings is 1. The number of anilines is 1. The van der Waals surface area contributed by atoms with Gasteiger partial charge in [0.15, 0.2) is 5.13 Å². The summed E-state index contributed by atoms with van der Waals surface area (Å²) in [5, 5.41) is 8.92. The van der Waals surface area contributed by atoms with Gasteiger partial charge < -0.3 is 0 Å². The Labute approximate surface area is 114 Å². The van der Waals surface area contributed by atoms with Gasteiger partial charge in [-0.1, -0.05) is 11.3 Å². The second kappa shape index (κ2) is 4.73. The molecule has 0 aromatic carbocycles. The van der Waals surface area contributed by atoms with E-state index in [-0.39, 0.29) is 9.34 Å². The van der Waals surface area contributed by atoms with E-state index in [2.05, 4.69) is 25.6 Å². The summed E-state index contributed by atoms with van der Waals surface area (Å²) in [6.07, 6.45) is 1.51. The molecule has 0 saturated heterocycles. The molecule has 0 fully saturated rings. The molecule has 0 aliphatic rings. The number of hydrogen-bond acceptors (Lipinski definition) is 6. The van der Waals surface area contributed by atoms with Crippen LogP contribution in [0, 0.1) is 11.3 Å². The van der Waals surface area contributed by atoms with Crippen LogP contribution in [-0.2, 0) is 10.0 Å². The maximum absolute atomic E-state index is 11.9. The van der Waals surface area contributed by atoms with E-state index < -0.39 is 10.0 Å². The first-order chi connectivity index (χ1) is 8.01. The molecule has 5 nitrogen and oxygen atoms in total. The quantitative estimate of drug-likeness (QED) is 0.923. The summed E-state index contributed by atoms with van der Waals surface area (Å²) in [6, 6.07) is 4.76. The van der Waals surface area contributed by atoms with Crippen LogP contribution in [0.15, 0.2) is 26.3 Å². The average Bonchev–Trinajstić information content (AvgIpc) is 2.86. The van der Waals surface area contributed by atoms with Crippen LogP contribution in [0.1, 0.15) is 4.88 Å². The molecule has 1 N–H and O–H groups in total. The van der Waals surface area contributed by atoms with Gasteiger partial charge in [0.05, 0.1) is 9.98 Å². The molecular formula is C8H4BrN3O2S3. The molecule has 0 spiro atoms. The van der Waals surface area contributed by atoms with Gasteiger partial charge in [-0.25, -0.2) is 13.4 Å². The molecule has 0 aliphatic heterocycles. The predicted octanol–water partition coefficient (Wildman–Crippen LogP) is 2.64. The molecule has 0 atom stereocenters. The molecule has 0 amide bonds. The SMILES string of the molecule is N#Cc1ccc(S(=O)(=O)Nc2ncc(Br)s2)s1. The van der Waals surface area contributed by atoms with E-state index in [1.165, 1.54) is 29.7 Å². The van der Waals surface area contributed by atoms with Gasteiger partial charge in [-0.15, -0.1) is 11.3 Å². The number of nitrogens with one attached hydrogen (secondary N) is 1. The largest absolute Gasteiger partial charge is 0.273 e. The number of aromatic nitrogens is 1. The van der Waals surface area contributed by atoms with Crippen molar-refractivity contribution >= 4 is 53.8 Å². The zero-order valence-corrected chi connectivity index (χ0v) is 12.1. The zero-order chi connectivity index (χ0) is 12.5. The van der Waals surface area contributed by atoms with E-state index in [1.807, 2.05) is 6.07 Å². The van der Waals surface area contributed by atoms with Crippen LogP contribution >= 0.6 is 38.6 Å². The van der Waals surface area contributed by atoms with Gasteiger partial charge in [0.25, 0.3) is 10.0 Å². The fraction of sp³-hybridized carbons (Fsp3) is 0. The summed E-state index contributed by atoms with van der Waals surface area (Å²) in [5.74, 6) is 0.